The zero-order valence-corrected chi connectivity index (χ0v) is 14.6. The Hall–Kier alpha value is -3.06. The van der Waals surface area contributed by atoms with Crippen LogP contribution in [0, 0.1) is 25.2 Å². The van der Waals surface area contributed by atoms with E-state index in [4.69, 9.17) is 4.74 Å². The Balaban J connectivity index is 1.81. The summed E-state index contributed by atoms with van der Waals surface area (Å²) in [6, 6.07) is 17.7. The van der Waals surface area contributed by atoms with Gasteiger partial charge in [-0.3, -0.25) is 4.79 Å². The van der Waals surface area contributed by atoms with Crippen molar-refractivity contribution in [3.63, 3.8) is 0 Å². The lowest BCUT2D eigenvalue weighted by Crippen LogP contribution is -2.20. The molecule has 2 aromatic carbocycles. The fraction of sp³-hybridized carbons (Fsp3) is 0.238. The maximum absolute atomic E-state index is 12.6. The summed E-state index contributed by atoms with van der Waals surface area (Å²) >= 11 is 0. The highest BCUT2D eigenvalue weighted by molar-refractivity contribution is 5.91. The van der Waals surface area contributed by atoms with E-state index in [9.17, 15) is 10.1 Å². The first-order valence-electron chi connectivity index (χ1n) is 8.17. The van der Waals surface area contributed by atoms with Gasteiger partial charge in [-0.15, -0.1) is 0 Å². The minimum absolute atomic E-state index is 0.122. The summed E-state index contributed by atoms with van der Waals surface area (Å²) < 4.78 is 7.54. The van der Waals surface area contributed by atoms with Crippen molar-refractivity contribution in [3.8, 4) is 11.8 Å². The Bertz CT molecular complexity index is 959. The number of carbonyl (C=O) groups excluding carboxylic acids is 1. The summed E-state index contributed by atoms with van der Waals surface area (Å²) in [5, 5.41) is 10.6. The van der Waals surface area contributed by atoms with Gasteiger partial charge in [-0.25, -0.2) is 0 Å². The van der Waals surface area contributed by atoms with Crippen LogP contribution in [-0.2, 0) is 11.8 Å². The highest BCUT2D eigenvalue weighted by atomic mass is 16.5. The molecule has 0 N–H and O–H groups in total. The smallest absolute Gasteiger partial charge is 0.193 e. The van der Waals surface area contributed by atoms with Gasteiger partial charge in [0.05, 0.1) is 6.07 Å². The van der Waals surface area contributed by atoms with Crippen LogP contribution in [0.2, 0.25) is 0 Å². The van der Waals surface area contributed by atoms with Crippen molar-refractivity contribution in [1.82, 2.24) is 4.57 Å². The lowest BCUT2D eigenvalue weighted by atomic mass is 10.0. The molecule has 3 aromatic rings. The maximum Gasteiger partial charge on any atom is 0.193 e. The SMILES string of the molecule is Cc1cc(C)cc(OCC(=O)C(C#N)c2cc3ccccc3n2C)c1. The number of nitriles is 1. The van der Waals surface area contributed by atoms with Crippen molar-refractivity contribution in [1.29, 1.82) is 5.26 Å². The molecule has 0 aliphatic heterocycles. The average molecular weight is 332 g/mol. The number of Topliss-reactive ketones (excluding diaryl/α,β-unsaturated/α-hetero) is 1. The van der Waals surface area contributed by atoms with Crippen LogP contribution in [0.4, 0.5) is 0 Å². The van der Waals surface area contributed by atoms with Crippen LogP contribution in [0.3, 0.4) is 0 Å². The van der Waals surface area contributed by atoms with Gasteiger partial charge in [0, 0.05) is 18.3 Å². The first-order chi connectivity index (χ1) is 12.0. The molecule has 0 aliphatic carbocycles. The molecule has 4 nitrogen and oxygen atoms in total. The number of carbonyl (C=O) groups is 1. The van der Waals surface area contributed by atoms with Gasteiger partial charge in [-0.1, -0.05) is 24.3 Å². The zero-order valence-electron chi connectivity index (χ0n) is 14.6. The van der Waals surface area contributed by atoms with Crippen LogP contribution < -0.4 is 4.74 Å². The summed E-state index contributed by atoms with van der Waals surface area (Å²) in [6.45, 7) is 3.84. The van der Waals surface area contributed by atoms with Crippen LogP contribution in [0.15, 0.2) is 48.5 Å². The molecule has 3 rings (SSSR count). The Morgan fingerprint density at radius 2 is 1.84 bits per heavy atom. The molecule has 0 amide bonds. The van der Waals surface area contributed by atoms with Gasteiger partial charge in [0.1, 0.15) is 18.3 Å². The molecule has 1 atom stereocenters. The fourth-order valence-corrected chi connectivity index (χ4v) is 3.14. The van der Waals surface area contributed by atoms with E-state index in [1.165, 1.54) is 0 Å². The van der Waals surface area contributed by atoms with E-state index < -0.39 is 5.92 Å². The second-order valence-electron chi connectivity index (χ2n) is 6.33. The number of nitrogens with zero attached hydrogens (tertiary/aromatic N) is 2. The Labute approximate surface area is 147 Å². The lowest BCUT2D eigenvalue weighted by molar-refractivity contribution is -0.121. The van der Waals surface area contributed by atoms with Gasteiger partial charge in [-0.2, -0.15) is 5.26 Å². The molecule has 0 bridgehead atoms. The van der Waals surface area contributed by atoms with Crippen LogP contribution in [0.25, 0.3) is 10.9 Å². The predicted molar refractivity (Wildman–Crippen MR) is 97.7 cm³/mol. The molecule has 0 saturated heterocycles. The van der Waals surface area contributed by atoms with Gasteiger partial charge in [0.15, 0.2) is 5.78 Å². The molecular weight excluding hydrogens is 312 g/mol. The normalized spacial score (nSPS) is 11.9. The van der Waals surface area contributed by atoms with E-state index in [0.29, 0.717) is 11.4 Å². The lowest BCUT2D eigenvalue weighted by Gasteiger charge is -2.12. The number of ether oxygens (including phenoxy) is 1. The Morgan fingerprint density at radius 1 is 1.16 bits per heavy atom. The molecule has 0 aliphatic rings. The molecule has 0 spiro atoms. The molecule has 1 unspecified atom stereocenters. The Kier molecular flexibility index (Phi) is 4.58. The monoisotopic (exact) mass is 332 g/mol. The second-order valence-corrected chi connectivity index (χ2v) is 6.33. The van der Waals surface area contributed by atoms with E-state index in [1.807, 2.05) is 74.0 Å². The highest BCUT2D eigenvalue weighted by Gasteiger charge is 2.24. The summed E-state index contributed by atoms with van der Waals surface area (Å²) in [7, 11) is 1.88. The number of hydrogen-bond acceptors (Lipinski definition) is 3. The van der Waals surface area contributed by atoms with Gasteiger partial charge in [0.25, 0.3) is 0 Å². The van der Waals surface area contributed by atoms with Crippen LogP contribution >= 0.6 is 0 Å². The Morgan fingerprint density at radius 3 is 2.48 bits per heavy atom. The van der Waals surface area contributed by atoms with Gasteiger partial charge < -0.3 is 9.30 Å². The maximum atomic E-state index is 12.6. The number of hydrogen-bond donors (Lipinski definition) is 0. The molecule has 1 aromatic heterocycles. The number of aromatic nitrogens is 1. The standard InChI is InChI=1S/C21H20N2O2/c1-14-8-15(2)10-17(9-14)25-13-21(24)18(12-22)20-11-16-6-4-5-7-19(16)23(20)3/h4-11,18H,13H2,1-3H3. The van der Waals surface area contributed by atoms with E-state index in [1.54, 1.807) is 0 Å². The van der Waals surface area contributed by atoms with E-state index in [-0.39, 0.29) is 12.4 Å². The second kappa shape index (κ2) is 6.82. The van der Waals surface area contributed by atoms with Gasteiger partial charge >= 0.3 is 0 Å². The first-order valence-corrected chi connectivity index (χ1v) is 8.17. The predicted octanol–water partition coefficient (Wildman–Crippen LogP) is 4.05. The topological polar surface area (TPSA) is 55.0 Å². The van der Waals surface area contributed by atoms with Crippen molar-refractivity contribution in [2.24, 2.45) is 7.05 Å². The van der Waals surface area contributed by atoms with Crippen molar-refractivity contribution >= 4 is 16.7 Å². The van der Waals surface area contributed by atoms with Crippen LogP contribution in [0.1, 0.15) is 22.7 Å². The molecule has 1 heterocycles. The molecule has 25 heavy (non-hydrogen) atoms. The van der Waals surface area contributed by atoms with E-state index >= 15 is 0 Å². The minimum atomic E-state index is -0.844. The van der Waals surface area contributed by atoms with Gasteiger partial charge in [-0.05, 0) is 54.6 Å². The summed E-state index contributed by atoms with van der Waals surface area (Å²) in [5.41, 5.74) is 3.85. The van der Waals surface area contributed by atoms with Crippen molar-refractivity contribution in [2.45, 2.75) is 19.8 Å². The van der Waals surface area contributed by atoms with E-state index in [0.717, 1.165) is 22.0 Å². The molecule has 0 fully saturated rings. The molecular formula is C21H20N2O2. The van der Waals surface area contributed by atoms with Crippen LogP contribution in [0.5, 0.6) is 5.75 Å². The number of benzene rings is 2. The number of rotatable bonds is 5. The molecule has 126 valence electrons. The molecule has 0 saturated carbocycles. The highest BCUT2D eigenvalue weighted by Crippen LogP contribution is 2.25. The number of para-hydroxylation sites is 1. The zero-order chi connectivity index (χ0) is 18.0. The fourth-order valence-electron chi connectivity index (χ4n) is 3.14. The molecule has 4 heteroatoms. The van der Waals surface area contributed by atoms with Gasteiger partial charge in [0.2, 0.25) is 0 Å². The third kappa shape index (κ3) is 3.41. The van der Waals surface area contributed by atoms with Crippen molar-refractivity contribution in [3.05, 3.63) is 65.4 Å². The number of aryl methyl sites for hydroxylation is 3. The summed E-state index contributed by atoms with van der Waals surface area (Å²) in [5.74, 6) is -0.435. The van der Waals surface area contributed by atoms with Crippen molar-refractivity contribution in [2.75, 3.05) is 6.61 Å². The number of ketones is 1. The number of fused-ring (bicyclic) bond motifs is 1. The summed E-state index contributed by atoms with van der Waals surface area (Å²) in [4.78, 5) is 12.6. The first kappa shape index (κ1) is 16.8. The quantitative estimate of drug-likeness (QED) is 0.708. The largest absolute Gasteiger partial charge is 0.486 e. The third-order valence-corrected chi connectivity index (χ3v) is 4.31. The molecule has 0 radical (unpaired) electrons. The third-order valence-electron chi connectivity index (χ3n) is 4.31. The van der Waals surface area contributed by atoms with Crippen molar-refractivity contribution < 1.29 is 9.53 Å². The minimum Gasteiger partial charge on any atom is -0.486 e. The van der Waals surface area contributed by atoms with Crippen LogP contribution in [-0.4, -0.2) is 17.0 Å². The van der Waals surface area contributed by atoms with E-state index in [2.05, 4.69) is 6.07 Å². The average Bonchev–Trinajstić information content (AvgIpc) is 2.90. The summed E-state index contributed by atoms with van der Waals surface area (Å²) in [6.07, 6.45) is 0.